The summed E-state index contributed by atoms with van der Waals surface area (Å²) in [6, 6.07) is 6.82. The van der Waals surface area contributed by atoms with Gasteiger partial charge in [-0.2, -0.15) is 0 Å². The van der Waals surface area contributed by atoms with Crippen molar-refractivity contribution < 1.29 is 4.74 Å². The number of anilines is 1. The second kappa shape index (κ2) is 5.76. The lowest BCUT2D eigenvalue weighted by molar-refractivity contribution is 0.412. The highest BCUT2D eigenvalue weighted by atomic mass is 79.9. The van der Waals surface area contributed by atoms with Gasteiger partial charge in [0.2, 0.25) is 0 Å². The first kappa shape index (κ1) is 12.7. The van der Waals surface area contributed by atoms with Crippen molar-refractivity contribution >= 4 is 21.6 Å². The second-order valence-corrected chi connectivity index (χ2v) is 5.63. The first-order valence-electron chi connectivity index (χ1n) is 6.33. The van der Waals surface area contributed by atoms with E-state index in [1.54, 1.807) is 7.11 Å². The molecule has 0 bridgehead atoms. The lowest BCUT2D eigenvalue weighted by atomic mass is 10.1. The van der Waals surface area contributed by atoms with Crippen molar-refractivity contribution in [2.45, 2.75) is 38.6 Å². The third-order valence-electron chi connectivity index (χ3n) is 3.64. The maximum absolute atomic E-state index is 5.23. The van der Waals surface area contributed by atoms with Crippen LogP contribution in [0, 0.1) is 5.92 Å². The van der Waals surface area contributed by atoms with Gasteiger partial charge in [0, 0.05) is 11.7 Å². The number of rotatable bonds is 4. The van der Waals surface area contributed by atoms with E-state index >= 15 is 0 Å². The van der Waals surface area contributed by atoms with E-state index in [1.807, 2.05) is 6.07 Å². The summed E-state index contributed by atoms with van der Waals surface area (Å²) in [6.07, 6.45) is 5.28. The van der Waals surface area contributed by atoms with Gasteiger partial charge in [-0.15, -0.1) is 0 Å². The van der Waals surface area contributed by atoms with Gasteiger partial charge in [-0.25, -0.2) is 0 Å². The molecule has 1 aromatic rings. The van der Waals surface area contributed by atoms with Gasteiger partial charge in [0.1, 0.15) is 5.75 Å². The molecule has 3 heteroatoms. The van der Waals surface area contributed by atoms with Gasteiger partial charge in [-0.3, -0.25) is 0 Å². The van der Waals surface area contributed by atoms with E-state index in [9.17, 15) is 0 Å². The molecule has 2 unspecified atom stereocenters. The minimum absolute atomic E-state index is 0.639. The molecule has 1 aromatic carbocycles. The van der Waals surface area contributed by atoms with E-state index in [4.69, 9.17) is 4.74 Å². The second-order valence-electron chi connectivity index (χ2n) is 4.78. The molecule has 0 radical (unpaired) electrons. The van der Waals surface area contributed by atoms with Crippen LogP contribution in [0.1, 0.15) is 32.6 Å². The molecule has 0 spiro atoms. The van der Waals surface area contributed by atoms with E-state index in [0.717, 1.165) is 16.1 Å². The molecule has 0 amide bonds. The first-order chi connectivity index (χ1) is 8.22. The fraction of sp³-hybridized carbons (Fsp3) is 0.571. The van der Waals surface area contributed by atoms with E-state index in [0.29, 0.717) is 6.04 Å². The predicted molar refractivity (Wildman–Crippen MR) is 75.7 cm³/mol. The van der Waals surface area contributed by atoms with Crippen molar-refractivity contribution in [1.29, 1.82) is 0 Å². The van der Waals surface area contributed by atoms with Gasteiger partial charge < -0.3 is 10.1 Å². The Bertz CT molecular complexity index is 380. The van der Waals surface area contributed by atoms with Crippen LogP contribution in [0.4, 0.5) is 5.69 Å². The molecule has 1 aliphatic rings. The van der Waals surface area contributed by atoms with Crippen molar-refractivity contribution in [1.82, 2.24) is 0 Å². The quantitative estimate of drug-likeness (QED) is 0.886. The molecule has 0 heterocycles. The fourth-order valence-electron chi connectivity index (χ4n) is 2.57. The summed E-state index contributed by atoms with van der Waals surface area (Å²) in [4.78, 5) is 0. The van der Waals surface area contributed by atoms with Crippen molar-refractivity contribution in [2.24, 2.45) is 5.92 Å². The van der Waals surface area contributed by atoms with Gasteiger partial charge in [0.15, 0.2) is 0 Å². The fourth-order valence-corrected chi connectivity index (χ4v) is 3.11. The Morgan fingerprint density at radius 2 is 2.24 bits per heavy atom. The van der Waals surface area contributed by atoms with Crippen LogP contribution < -0.4 is 10.1 Å². The lowest BCUT2D eigenvalue weighted by Crippen LogP contribution is -2.15. The van der Waals surface area contributed by atoms with Crippen molar-refractivity contribution in [3.8, 4) is 5.75 Å². The lowest BCUT2D eigenvalue weighted by Gasteiger charge is -2.15. The zero-order valence-corrected chi connectivity index (χ0v) is 12.1. The summed E-state index contributed by atoms with van der Waals surface area (Å²) in [5.41, 5.74) is 1.18. The third-order valence-corrected chi connectivity index (χ3v) is 4.26. The van der Waals surface area contributed by atoms with Gasteiger partial charge in [-0.05, 0) is 59.3 Å². The number of halogens is 1. The molecule has 1 aliphatic carbocycles. The molecular weight excluding hydrogens is 278 g/mol. The largest absolute Gasteiger partial charge is 0.496 e. The van der Waals surface area contributed by atoms with Crippen LogP contribution in [-0.2, 0) is 0 Å². The Balaban J connectivity index is 1.97. The van der Waals surface area contributed by atoms with Crippen LogP contribution >= 0.6 is 15.9 Å². The molecule has 0 saturated heterocycles. The minimum atomic E-state index is 0.639. The number of hydrogen-bond acceptors (Lipinski definition) is 2. The summed E-state index contributed by atoms with van der Waals surface area (Å²) in [5, 5.41) is 3.61. The molecule has 1 saturated carbocycles. The van der Waals surface area contributed by atoms with Gasteiger partial charge >= 0.3 is 0 Å². The van der Waals surface area contributed by atoms with Crippen LogP contribution in [0.3, 0.4) is 0 Å². The number of methoxy groups -OCH3 is 1. The van der Waals surface area contributed by atoms with Crippen LogP contribution in [0.15, 0.2) is 22.7 Å². The molecule has 17 heavy (non-hydrogen) atoms. The summed E-state index contributed by atoms with van der Waals surface area (Å²) in [6.45, 7) is 2.29. The Morgan fingerprint density at radius 3 is 2.82 bits per heavy atom. The standard InChI is InChI=1S/C14H20BrNO/c1-3-10-4-5-11(8-10)16-12-6-7-14(17-2)13(15)9-12/h6-7,9-11,16H,3-5,8H2,1-2H3. The molecule has 0 aromatic heterocycles. The Morgan fingerprint density at radius 1 is 1.41 bits per heavy atom. The molecular formula is C14H20BrNO. The average Bonchev–Trinajstić information content (AvgIpc) is 2.77. The van der Waals surface area contributed by atoms with Crippen molar-refractivity contribution in [2.75, 3.05) is 12.4 Å². The number of hydrogen-bond donors (Lipinski definition) is 1. The maximum atomic E-state index is 5.23. The van der Waals surface area contributed by atoms with Crippen LogP contribution in [0.2, 0.25) is 0 Å². The monoisotopic (exact) mass is 297 g/mol. The van der Waals surface area contributed by atoms with Crippen molar-refractivity contribution in [3.05, 3.63) is 22.7 Å². The molecule has 1 fully saturated rings. The maximum Gasteiger partial charge on any atom is 0.133 e. The molecule has 2 rings (SSSR count). The highest BCUT2D eigenvalue weighted by Gasteiger charge is 2.23. The van der Waals surface area contributed by atoms with E-state index < -0.39 is 0 Å². The van der Waals surface area contributed by atoms with E-state index in [2.05, 4.69) is 40.3 Å². The van der Waals surface area contributed by atoms with E-state index in [-0.39, 0.29) is 0 Å². The van der Waals surface area contributed by atoms with Crippen LogP contribution in [-0.4, -0.2) is 13.2 Å². The van der Waals surface area contributed by atoms with Gasteiger partial charge in [-0.1, -0.05) is 13.3 Å². The number of benzene rings is 1. The van der Waals surface area contributed by atoms with Crippen molar-refractivity contribution in [3.63, 3.8) is 0 Å². The third kappa shape index (κ3) is 3.15. The summed E-state index contributed by atoms with van der Waals surface area (Å²) >= 11 is 3.52. The summed E-state index contributed by atoms with van der Waals surface area (Å²) in [7, 11) is 1.69. The van der Waals surface area contributed by atoms with Gasteiger partial charge in [0.25, 0.3) is 0 Å². The molecule has 2 atom stereocenters. The summed E-state index contributed by atoms with van der Waals surface area (Å²) < 4.78 is 6.24. The Hall–Kier alpha value is -0.700. The molecule has 0 aliphatic heterocycles. The minimum Gasteiger partial charge on any atom is -0.496 e. The molecule has 2 nitrogen and oxygen atoms in total. The first-order valence-corrected chi connectivity index (χ1v) is 7.12. The highest BCUT2D eigenvalue weighted by Crippen LogP contribution is 2.32. The SMILES string of the molecule is CCC1CCC(Nc2ccc(OC)c(Br)c2)C1. The summed E-state index contributed by atoms with van der Waals surface area (Å²) in [5.74, 6) is 1.79. The smallest absolute Gasteiger partial charge is 0.133 e. The van der Waals surface area contributed by atoms with E-state index in [1.165, 1.54) is 31.4 Å². The Labute approximate surface area is 112 Å². The van der Waals surface area contributed by atoms with Crippen LogP contribution in [0.5, 0.6) is 5.75 Å². The topological polar surface area (TPSA) is 21.3 Å². The zero-order valence-electron chi connectivity index (χ0n) is 10.5. The molecule has 1 N–H and O–H groups in total. The van der Waals surface area contributed by atoms with Crippen LogP contribution in [0.25, 0.3) is 0 Å². The average molecular weight is 298 g/mol. The normalized spacial score (nSPS) is 23.7. The Kier molecular flexibility index (Phi) is 4.32. The zero-order chi connectivity index (χ0) is 12.3. The predicted octanol–water partition coefficient (Wildman–Crippen LogP) is 4.45. The van der Waals surface area contributed by atoms with Gasteiger partial charge in [0.05, 0.1) is 11.6 Å². The highest BCUT2D eigenvalue weighted by molar-refractivity contribution is 9.10. The molecule has 94 valence electrons. The number of ether oxygens (including phenoxy) is 1. The number of nitrogens with one attached hydrogen (secondary N) is 1.